The lowest BCUT2D eigenvalue weighted by atomic mass is 10.1. The van der Waals surface area contributed by atoms with Gasteiger partial charge in [0.05, 0.1) is 16.7 Å². The summed E-state index contributed by atoms with van der Waals surface area (Å²) in [5, 5.41) is 0. The maximum atomic E-state index is 13.2. The van der Waals surface area contributed by atoms with Gasteiger partial charge in [0.25, 0.3) is 5.56 Å². The number of esters is 3. The molecule has 0 unspecified atom stereocenters. The van der Waals surface area contributed by atoms with Crippen LogP contribution in [0.3, 0.4) is 0 Å². The minimum atomic E-state index is -1.22. The van der Waals surface area contributed by atoms with E-state index in [1.54, 1.807) is 97.9 Å². The number of carbonyl (C=O) groups excluding carboxylic acids is 3. The zero-order valence-corrected chi connectivity index (χ0v) is 25.6. The van der Waals surface area contributed by atoms with Crippen molar-refractivity contribution < 1.29 is 38.1 Å². The van der Waals surface area contributed by atoms with Gasteiger partial charge in [-0.1, -0.05) is 54.6 Å². The van der Waals surface area contributed by atoms with Crippen LogP contribution in [0, 0.1) is 6.92 Å². The minimum absolute atomic E-state index is 0.122. The van der Waals surface area contributed by atoms with Gasteiger partial charge in [0.15, 0.2) is 18.5 Å². The van der Waals surface area contributed by atoms with Crippen molar-refractivity contribution in [3.8, 4) is 0 Å². The Balaban J connectivity index is 1.33. The number of aryl methyl sites for hydroxylation is 2. The average molecular weight is 643 g/mol. The van der Waals surface area contributed by atoms with Gasteiger partial charge in [-0.3, -0.25) is 9.78 Å². The molecule has 0 spiro atoms. The van der Waals surface area contributed by atoms with E-state index in [0.29, 0.717) is 30.5 Å². The Hall–Kier alpha value is -5.33. The van der Waals surface area contributed by atoms with E-state index in [2.05, 4.69) is 4.98 Å². The van der Waals surface area contributed by atoms with Crippen molar-refractivity contribution in [2.24, 2.45) is 0 Å². The van der Waals surface area contributed by atoms with E-state index in [0.717, 1.165) is 0 Å². The van der Waals surface area contributed by atoms with Crippen LogP contribution in [0.5, 0.6) is 0 Å². The van der Waals surface area contributed by atoms with Crippen LogP contribution in [-0.2, 0) is 30.2 Å². The summed E-state index contributed by atoms with van der Waals surface area (Å²) in [6.07, 6.45) is -2.18. The van der Waals surface area contributed by atoms with E-state index in [1.807, 2.05) is 0 Å². The molecule has 1 saturated heterocycles. The summed E-state index contributed by atoms with van der Waals surface area (Å²) in [5.74, 6) is -2.00. The molecule has 0 aliphatic carbocycles. The second kappa shape index (κ2) is 15.8. The molecule has 12 nitrogen and oxygen atoms in total. The topological polar surface area (TPSA) is 152 Å². The van der Waals surface area contributed by atoms with Crippen LogP contribution in [0.1, 0.15) is 49.5 Å². The van der Waals surface area contributed by atoms with Crippen molar-refractivity contribution >= 4 is 17.9 Å². The van der Waals surface area contributed by atoms with Crippen LogP contribution in [-0.4, -0.2) is 65.3 Å². The van der Waals surface area contributed by atoms with Crippen LogP contribution in [0.4, 0.5) is 0 Å². The number of H-pyrrole nitrogens is 1. The molecule has 3 aromatic carbocycles. The highest BCUT2D eigenvalue weighted by Crippen LogP contribution is 2.30. The summed E-state index contributed by atoms with van der Waals surface area (Å²) < 4.78 is 30.8. The molecule has 0 bridgehead atoms. The number of hydrogen-bond acceptors (Lipinski definition) is 10. The molecule has 2 heterocycles. The molecule has 0 saturated carbocycles. The third-order valence-corrected chi connectivity index (χ3v) is 7.43. The van der Waals surface area contributed by atoms with Gasteiger partial charge in [-0.05, 0) is 56.2 Å². The Morgan fingerprint density at radius 1 is 0.745 bits per heavy atom. The fraction of sp³-hybridized carbons (Fsp3) is 0.286. The van der Waals surface area contributed by atoms with Gasteiger partial charge in [0.2, 0.25) is 0 Å². The van der Waals surface area contributed by atoms with Crippen LogP contribution in [0.2, 0.25) is 0 Å². The lowest BCUT2D eigenvalue weighted by Gasteiger charge is -2.24. The first-order valence-corrected chi connectivity index (χ1v) is 15.1. The predicted octanol–water partition coefficient (Wildman–Crippen LogP) is 3.67. The fourth-order valence-electron chi connectivity index (χ4n) is 4.94. The number of ether oxygens (including phenoxy) is 5. The highest BCUT2D eigenvalue weighted by Gasteiger charge is 2.51. The van der Waals surface area contributed by atoms with Gasteiger partial charge in [0, 0.05) is 24.9 Å². The first kappa shape index (κ1) is 33.0. The van der Waals surface area contributed by atoms with E-state index in [1.165, 1.54) is 10.8 Å². The third-order valence-electron chi connectivity index (χ3n) is 7.43. The van der Waals surface area contributed by atoms with Gasteiger partial charge in [-0.2, -0.15) is 0 Å². The summed E-state index contributed by atoms with van der Waals surface area (Å²) in [7, 11) is 0. The predicted molar refractivity (Wildman–Crippen MR) is 168 cm³/mol. The number of rotatable bonds is 13. The van der Waals surface area contributed by atoms with Crippen molar-refractivity contribution in [1.82, 2.24) is 9.55 Å². The molecule has 5 rings (SSSR count). The monoisotopic (exact) mass is 642 g/mol. The average Bonchev–Trinajstić information content (AvgIpc) is 3.41. The van der Waals surface area contributed by atoms with E-state index in [4.69, 9.17) is 23.7 Å². The third kappa shape index (κ3) is 8.69. The van der Waals surface area contributed by atoms with E-state index >= 15 is 0 Å². The Morgan fingerprint density at radius 2 is 1.28 bits per heavy atom. The summed E-state index contributed by atoms with van der Waals surface area (Å²) in [6, 6.07) is 24.9. The normalized spacial score (nSPS) is 18.7. The van der Waals surface area contributed by atoms with Crippen molar-refractivity contribution in [2.75, 3.05) is 13.2 Å². The molecule has 4 aromatic rings. The first-order valence-electron chi connectivity index (χ1n) is 15.1. The van der Waals surface area contributed by atoms with E-state index in [9.17, 15) is 24.0 Å². The largest absolute Gasteiger partial charge is 0.459 e. The standard InChI is InChI=1S/C35H34N2O10/c1-23-21-37(35(42)36-30(23)38)19-11-12-20-43-34-29(47-33(41)26-17-9-4-10-18-26)28(46-32(40)25-15-7-3-8-16-25)27(45-34)22-44-31(39)24-13-5-2-6-14-24/h2-10,13-18,21,27-29,34H,11-12,19-20,22H2,1H3,(H,36,38,42)/t27-,28-,29-,34-/m1/s1. The van der Waals surface area contributed by atoms with Crippen LogP contribution >= 0.6 is 0 Å². The Morgan fingerprint density at radius 3 is 1.85 bits per heavy atom. The molecule has 47 heavy (non-hydrogen) atoms. The Kier molecular flexibility index (Phi) is 11.1. The molecule has 1 aliphatic rings. The minimum Gasteiger partial charge on any atom is -0.459 e. The molecule has 1 fully saturated rings. The smallest absolute Gasteiger partial charge is 0.338 e. The van der Waals surface area contributed by atoms with Gasteiger partial charge in [-0.25, -0.2) is 19.2 Å². The van der Waals surface area contributed by atoms with Crippen LogP contribution < -0.4 is 11.2 Å². The van der Waals surface area contributed by atoms with Gasteiger partial charge in [0.1, 0.15) is 12.7 Å². The van der Waals surface area contributed by atoms with E-state index in [-0.39, 0.29) is 24.3 Å². The number of aromatic nitrogens is 2. The zero-order valence-electron chi connectivity index (χ0n) is 25.6. The second-order valence-electron chi connectivity index (χ2n) is 10.8. The molecule has 1 aromatic heterocycles. The van der Waals surface area contributed by atoms with Crippen molar-refractivity contribution in [3.05, 3.63) is 140 Å². The first-order chi connectivity index (χ1) is 22.8. The van der Waals surface area contributed by atoms with Crippen molar-refractivity contribution in [2.45, 2.75) is 50.9 Å². The van der Waals surface area contributed by atoms with Crippen LogP contribution in [0.15, 0.2) is 107 Å². The number of nitrogens with zero attached hydrogens (tertiary/aromatic N) is 1. The van der Waals surface area contributed by atoms with E-state index < -0.39 is 53.8 Å². The molecule has 1 N–H and O–H groups in total. The van der Waals surface area contributed by atoms with Crippen molar-refractivity contribution in [1.29, 1.82) is 0 Å². The summed E-state index contributed by atoms with van der Waals surface area (Å²) in [4.78, 5) is 65.2. The number of hydrogen-bond donors (Lipinski definition) is 1. The maximum absolute atomic E-state index is 13.2. The number of benzene rings is 3. The Bertz CT molecular complexity index is 1770. The maximum Gasteiger partial charge on any atom is 0.338 e. The molecule has 244 valence electrons. The molecule has 1 aliphatic heterocycles. The molecular formula is C35H34N2O10. The lowest BCUT2D eigenvalue weighted by molar-refractivity contribution is -0.171. The van der Waals surface area contributed by atoms with Crippen LogP contribution in [0.25, 0.3) is 0 Å². The summed E-state index contributed by atoms with van der Waals surface area (Å²) >= 11 is 0. The molecule has 4 atom stereocenters. The number of nitrogens with one attached hydrogen (secondary N) is 1. The van der Waals surface area contributed by atoms with Crippen molar-refractivity contribution in [3.63, 3.8) is 0 Å². The van der Waals surface area contributed by atoms with Gasteiger partial charge >= 0.3 is 23.6 Å². The Labute approximate surface area is 269 Å². The molecule has 12 heteroatoms. The summed E-state index contributed by atoms with van der Waals surface area (Å²) in [5.41, 5.74) is 0.316. The number of unbranched alkanes of at least 4 members (excludes halogenated alkanes) is 1. The van der Waals surface area contributed by atoms with Gasteiger partial charge in [-0.15, -0.1) is 0 Å². The fourth-order valence-corrected chi connectivity index (χ4v) is 4.94. The van der Waals surface area contributed by atoms with Gasteiger partial charge < -0.3 is 28.3 Å². The SMILES string of the molecule is Cc1cn(CCCCO[C@@H]2O[C@H](COC(=O)c3ccccc3)[C@@H](OC(=O)c3ccccc3)[C@H]2OC(=O)c2ccccc2)c(=O)[nH]c1=O. The quantitative estimate of drug-likeness (QED) is 0.130. The molecule has 0 radical (unpaired) electrons. The number of aromatic amines is 1. The zero-order chi connectivity index (χ0) is 33.2. The second-order valence-corrected chi connectivity index (χ2v) is 10.8. The number of carbonyl (C=O) groups is 3. The molecule has 0 amide bonds. The summed E-state index contributed by atoms with van der Waals surface area (Å²) in [6.45, 7) is 1.74. The highest BCUT2D eigenvalue weighted by atomic mass is 16.7. The lowest BCUT2D eigenvalue weighted by Crippen LogP contribution is -2.42. The molecular weight excluding hydrogens is 608 g/mol. The highest BCUT2D eigenvalue weighted by molar-refractivity contribution is 5.91.